The number of carbonyl (C=O) groups is 1. The summed E-state index contributed by atoms with van der Waals surface area (Å²) in [5, 5.41) is 2.64. The van der Waals surface area contributed by atoms with Gasteiger partial charge in [-0.3, -0.25) is 4.79 Å². The van der Waals surface area contributed by atoms with E-state index in [9.17, 15) is 9.18 Å². The largest absolute Gasteiger partial charge is 0.489 e. The first-order valence-electron chi connectivity index (χ1n) is 5.97. The molecule has 5 nitrogen and oxygen atoms in total. The molecule has 2 atom stereocenters. The molecule has 0 saturated carbocycles. The number of ether oxygens (including phenoxy) is 2. The van der Waals surface area contributed by atoms with Crippen LogP contribution in [0.1, 0.15) is 6.92 Å². The van der Waals surface area contributed by atoms with E-state index in [1.807, 2.05) is 0 Å². The van der Waals surface area contributed by atoms with E-state index in [0.29, 0.717) is 5.75 Å². The van der Waals surface area contributed by atoms with Crippen molar-refractivity contribution in [2.75, 3.05) is 20.3 Å². The third-order valence-electron chi connectivity index (χ3n) is 2.38. The molecule has 0 spiro atoms. The third kappa shape index (κ3) is 6.70. The molecule has 0 heterocycles. The fourth-order valence-electron chi connectivity index (χ4n) is 1.44. The molecule has 7 heteroatoms. The van der Waals surface area contributed by atoms with Crippen LogP contribution in [0.25, 0.3) is 0 Å². The van der Waals surface area contributed by atoms with Crippen LogP contribution in [-0.4, -0.2) is 38.3 Å². The highest BCUT2D eigenvalue weighted by molar-refractivity contribution is 5.85. The maximum atomic E-state index is 12.9. The monoisotopic (exact) mass is 306 g/mol. The summed E-state index contributed by atoms with van der Waals surface area (Å²) in [5.74, 6) is -0.254. The predicted molar refractivity (Wildman–Crippen MR) is 76.6 cm³/mol. The highest BCUT2D eigenvalue weighted by Gasteiger charge is 2.14. The first kappa shape index (κ1) is 18.6. The van der Waals surface area contributed by atoms with Gasteiger partial charge in [-0.2, -0.15) is 0 Å². The fraction of sp³-hybridized carbons (Fsp3) is 0.462. The van der Waals surface area contributed by atoms with Crippen molar-refractivity contribution in [2.24, 2.45) is 5.73 Å². The van der Waals surface area contributed by atoms with Gasteiger partial charge in [0.05, 0.1) is 13.2 Å². The lowest BCUT2D eigenvalue weighted by molar-refractivity contribution is -0.123. The first-order valence-corrected chi connectivity index (χ1v) is 5.97. The SMILES string of the molecule is COCC(N)C(=O)NCC(C)Oc1cccc(F)c1.Cl. The summed E-state index contributed by atoms with van der Waals surface area (Å²) in [5.41, 5.74) is 5.56. The van der Waals surface area contributed by atoms with Crippen LogP contribution < -0.4 is 15.8 Å². The van der Waals surface area contributed by atoms with Gasteiger partial charge in [-0.25, -0.2) is 4.39 Å². The zero-order valence-corrected chi connectivity index (χ0v) is 12.3. The van der Waals surface area contributed by atoms with E-state index in [2.05, 4.69) is 5.32 Å². The van der Waals surface area contributed by atoms with Crippen molar-refractivity contribution in [1.82, 2.24) is 5.32 Å². The Kier molecular flexibility index (Phi) is 8.87. The minimum atomic E-state index is -0.702. The first-order chi connectivity index (χ1) is 9.02. The molecule has 0 fully saturated rings. The van der Waals surface area contributed by atoms with E-state index in [1.165, 1.54) is 19.2 Å². The number of amides is 1. The van der Waals surface area contributed by atoms with E-state index >= 15 is 0 Å². The summed E-state index contributed by atoms with van der Waals surface area (Å²) >= 11 is 0. The molecule has 0 aliphatic carbocycles. The molecule has 0 saturated heterocycles. The molecule has 1 aromatic carbocycles. The van der Waals surface area contributed by atoms with Gasteiger partial charge in [-0.15, -0.1) is 12.4 Å². The van der Waals surface area contributed by atoms with Crippen LogP contribution in [0.2, 0.25) is 0 Å². The van der Waals surface area contributed by atoms with Crippen molar-refractivity contribution in [2.45, 2.75) is 19.1 Å². The normalized spacial score (nSPS) is 13.0. The molecular formula is C13H20ClFN2O3. The van der Waals surface area contributed by atoms with Gasteiger partial charge in [-0.1, -0.05) is 6.07 Å². The summed E-state index contributed by atoms with van der Waals surface area (Å²) < 4.78 is 23.2. The van der Waals surface area contributed by atoms with Gasteiger partial charge in [0.1, 0.15) is 23.7 Å². The summed E-state index contributed by atoms with van der Waals surface area (Å²) in [6, 6.07) is 5.13. The molecule has 114 valence electrons. The smallest absolute Gasteiger partial charge is 0.239 e. The Balaban J connectivity index is 0.00000361. The lowest BCUT2D eigenvalue weighted by atomic mass is 10.3. The zero-order chi connectivity index (χ0) is 14.3. The Morgan fingerprint density at radius 2 is 2.20 bits per heavy atom. The number of methoxy groups -OCH3 is 1. The number of nitrogens with one attached hydrogen (secondary N) is 1. The van der Waals surface area contributed by atoms with Crippen LogP contribution >= 0.6 is 12.4 Å². The second-order valence-corrected chi connectivity index (χ2v) is 4.19. The van der Waals surface area contributed by atoms with Crippen LogP contribution in [0.15, 0.2) is 24.3 Å². The van der Waals surface area contributed by atoms with Gasteiger partial charge in [0.25, 0.3) is 0 Å². The Hall–Kier alpha value is -1.37. The van der Waals surface area contributed by atoms with E-state index in [1.54, 1.807) is 19.1 Å². The van der Waals surface area contributed by atoms with Crippen molar-refractivity contribution in [3.63, 3.8) is 0 Å². The average Bonchev–Trinajstić information content (AvgIpc) is 2.36. The highest BCUT2D eigenvalue weighted by Crippen LogP contribution is 2.13. The van der Waals surface area contributed by atoms with Crippen molar-refractivity contribution in [1.29, 1.82) is 0 Å². The predicted octanol–water partition coefficient (Wildman–Crippen LogP) is 1.10. The lowest BCUT2D eigenvalue weighted by Gasteiger charge is -2.17. The van der Waals surface area contributed by atoms with E-state index in [0.717, 1.165) is 0 Å². The van der Waals surface area contributed by atoms with E-state index < -0.39 is 6.04 Å². The number of hydrogen-bond acceptors (Lipinski definition) is 4. The molecule has 1 amide bonds. The molecule has 0 radical (unpaired) electrons. The molecule has 0 bridgehead atoms. The second-order valence-electron chi connectivity index (χ2n) is 4.19. The maximum Gasteiger partial charge on any atom is 0.239 e. The highest BCUT2D eigenvalue weighted by atomic mass is 35.5. The Bertz CT molecular complexity index is 420. The van der Waals surface area contributed by atoms with Gasteiger partial charge in [0.2, 0.25) is 5.91 Å². The summed E-state index contributed by atoms with van der Waals surface area (Å²) in [6.07, 6.45) is -0.291. The van der Waals surface area contributed by atoms with Gasteiger partial charge >= 0.3 is 0 Å². The molecule has 0 aliphatic rings. The number of hydrogen-bond donors (Lipinski definition) is 2. The third-order valence-corrected chi connectivity index (χ3v) is 2.38. The minimum absolute atomic E-state index is 0. The Morgan fingerprint density at radius 3 is 2.80 bits per heavy atom. The lowest BCUT2D eigenvalue weighted by Crippen LogP contribution is -2.46. The standard InChI is InChI=1S/C13H19FN2O3.ClH/c1-9(7-16-13(17)12(15)8-18-2)19-11-5-3-4-10(14)6-11;/h3-6,9,12H,7-8,15H2,1-2H3,(H,16,17);1H. The average molecular weight is 307 g/mol. The van der Waals surface area contributed by atoms with E-state index in [4.69, 9.17) is 15.2 Å². The van der Waals surface area contributed by atoms with Crippen molar-refractivity contribution >= 4 is 18.3 Å². The molecule has 1 aromatic rings. The summed E-state index contributed by atoms with van der Waals surface area (Å²) in [7, 11) is 1.48. The number of halogens is 2. The van der Waals surface area contributed by atoms with Crippen molar-refractivity contribution in [3.05, 3.63) is 30.1 Å². The van der Waals surface area contributed by atoms with Gasteiger partial charge in [0, 0.05) is 13.2 Å². The van der Waals surface area contributed by atoms with Gasteiger partial charge < -0.3 is 20.5 Å². The zero-order valence-electron chi connectivity index (χ0n) is 11.5. The van der Waals surface area contributed by atoms with Crippen LogP contribution in [0.3, 0.4) is 0 Å². The van der Waals surface area contributed by atoms with E-state index in [-0.39, 0.29) is 43.4 Å². The fourth-order valence-corrected chi connectivity index (χ4v) is 1.44. The molecular weight excluding hydrogens is 287 g/mol. The summed E-state index contributed by atoms with van der Waals surface area (Å²) in [6.45, 7) is 2.21. The van der Waals surface area contributed by atoms with Crippen LogP contribution in [-0.2, 0) is 9.53 Å². The Labute approximate surface area is 124 Å². The molecule has 0 aliphatic heterocycles. The maximum absolute atomic E-state index is 12.9. The summed E-state index contributed by atoms with van der Waals surface area (Å²) in [4.78, 5) is 11.5. The van der Waals surface area contributed by atoms with Crippen LogP contribution in [0.4, 0.5) is 4.39 Å². The molecule has 0 aromatic heterocycles. The number of nitrogens with two attached hydrogens (primary N) is 1. The van der Waals surface area contributed by atoms with Crippen molar-refractivity contribution in [3.8, 4) is 5.75 Å². The number of carbonyl (C=O) groups excluding carboxylic acids is 1. The van der Waals surface area contributed by atoms with Gasteiger partial charge in [0.15, 0.2) is 0 Å². The number of rotatable bonds is 7. The van der Waals surface area contributed by atoms with Crippen LogP contribution in [0.5, 0.6) is 5.75 Å². The van der Waals surface area contributed by atoms with Gasteiger partial charge in [-0.05, 0) is 19.1 Å². The quantitative estimate of drug-likeness (QED) is 0.791. The molecule has 3 N–H and O–H groups in total. The molecule has 20 heavy (non-hydrogen) atoms. The molecule has 2 unspecified atom stereocenters. The minimum Gasteiger partial charge on any atom is -0.489 e. The second kappa shape index (κ2) is 9.52. The molecule has 1 rings (SSSR count). The topological polar surface area (TPSA) is 73.6 Å². The number of benzene rings is 1. The van der Waals surface area contributed by atoms with Crippen LogP contribution in [0, 0.1) is 5.82 Å². The Morgan fingerprint density at radius 1 is 1.50 bits per heavy atom. The van der Waals surface area contributed by atoms with Crippen molar-refractivity contribution < 1.29 is 18.7 Å².